The number of nitro benzene ring substituents is 1. The van der Waals surface area contributed by atoms with Crippen LogP contribution in [0.15, 0.2) is 41.3 Å². The average Bonchev–Trinajstić information content (AvgIpc) is 2.57. The minimum atomic E-state index is -3.66. The number of nitrogens with one attached hydrogen (secondary N) is 1. The van der Waals surface area contributed by atoms with Crippen LogP contribution in [0.5, 0.6) is 0 Å². The molecule has 1 N–H and O–H groups in total. The van der Waals surface area contributed by atoms with Gasteiger partial charge >= 0.3 is 0 Å². The highest BCUT2D eigenvalue weighted by Gasteiger charge is 2.22. The van der Waals surface area contributed by atoms with Crippen LogP contribution < -0.4 is 10.2 Å². The topological polar surface area (TPSA) is 110 Å². The van der Waals surface area contributed by atoms with E-state index >= 15 is 0 Å². The summed E-state index contributed by atoms with van der Waals surface area (Å²) >= 11 is 0. The molecule has 9 heteroatoms. The highest BCUT2D eigenvalue weighted by atomic mass is 32.2. The molecule has 0 radical (unpaired) electrons. The summed E-state index contributed by atoms with van der Waals surface area (Å²) in [6, 6.07) is 9.06. The number of amides is 1. The van der Waals surface area contributed by atoms with E-state index in [9.17, 15) is 23.3 Å². The lowest BCUT2D eigenvalue weighted by atomic mass is 10.0. The highest BCUT2D eigenvalue weighted by Crippen LogP contribution is 2.33. The predicted octanol–water partition coefficient (Wildman–Crippen LogP) is 2.65. The predicted molar refractivity (Wildman–Crippen MR) is 97.7 cm³/mol. The van der Waals surface area contributed by atoms with Crippen LogP contribution in [-0.4, -0.2) is 32.6 Å². The van der Waals surface area contributed by atoms with E-state index in [1.54, 1.807) is 24.1 Å². The number of carbonyl (C=O) groups is 1. The maximum atomic E-state index is 12.0. The van der Waals surface area contributed by atoms with E-state index in [2.05, 4.69) is 5.32 Å². The van der Waals surface area contributed by atoms with Gasteiger partial charge in [0, 0.05) is 43.2 Å². The summed E-state index contributed by atoms with van der Waals surface area (Å²) in [5.74, 6) is 0.0490. The van der Waals surface area contributed by atoms with Crippen LogP contribution in [0.1, 0.15) is 12.0 Å². The van der Waals surface area contributed by atoms with Gasteiger partial charge in [-0.2, -0.15) is 0 Å². The standard InChI is InChI=1S/C17H17N3O5S/c1-19-15-7-4-12(9-11(15)3-8-17(19)21)18-14-6-5-13(20(22)23)10-16(14)26(2,24)25/h4-7,9-10,18H,3,8H2,1-2H3. The summed E-state index contributed by atoms with van der Waals surface area (Å²) in [6.07, 6.45) is 2.02. The molecule has 8 nitrogen and oxygen atoms in total. The number of aryl methyl sites for hydroxylation is 1. The van der Waals surface area contributed by atoms with Crippen LogP contribution in [-0.2, 0) is 21.1 Å². The summed E-state index contributed by atoms with van der Waals surface area (Å²) in [7, 11) is -1.95. The number of sulfone groups is 1. The number of hydrogen-bond donors (Lipinski definition) is 1. The molecule has 2 aromatic carbocycles. The van der Waals surface area contributed by atoms with Crippen molar-refractivity contribution >= 4 is 38.5 Å². The second-order valence-corrected chi connectivity index (χ2v) is 8.12. The van der Waals surface area contributed by atoms with Crippen LogP contribution in [0, 0.1) is 10.1 Å². The zero-order valence-corrected chi connectivity index (χ0v) is 15.0. The van der Waals surface area contributed by atoms with Gasteiger partial charge in [-0.1, -0.05) is 0 Å². The number of non-ortho nitro benzene ring substituents is 1. The lowest BCUT2D eigenvalue weighted by Gasteiger charge is -2.26. The zero-order chi connectivity index (χ0) is 19.1. The summed E-state index contributed by atoms with van der Waals surface area (Å²) in [5, 5.41) is 13.9. The van der Waals surface area contributed by atoms with Gasteiger partial charge in [-0.05, 0) is 36.2 Å². The minimum absolute atomic E-state index is 0.0490. The van der Waals surface area contributed by atoms with Crippen molar-refractivity contribution in [2.24, 2.45) is 0 Å². The molecule has 0 bridgehead atoms. The Labute approximate surface area is 150 Å². The molecule has 0 unspecified atom stereocenters. The molecular formula is C17H17N3O5S. The van der Waals surface area contributed by atoms with Crippen molar-refractivity contribution in [1.82, 2.24) is 0 Å². The Morgan fingerprint density at radius 2 is 1.88 bits per heavy atom. The second kappa shape index (κ2) is 6.41. The SMILES string of the molecule is CN1C(=O)CCc2cc(Nc3ccc([N+](=O)[O-])cc3S(C)(=O)=O)ccc21. The van der Waals surface area contributed by atoms with Gasteiger partial charge in [0.15, 0.2) is 9.84 Å². The molecule has 0 saturated carbocycles. The maximum absolute atomic E-state index is 12.0. The molecule has 3 rings (SSSR count). The van der Waals surface area contributed by atoms with Crippen LogP contribution in [0.2, 0.25) is 0 Å². The van der Waals surface area contributed by atoms with Crippen LogP contribution in [0.25, 0.3) is 0 Å². The Kier molecular flexibility index (Phi) is 4.41. The van der Waals surface area contributed by atoms with Gasteiger partial charge in [0.1, 0.15) is 0 Å². The van der Waals surface area contributed by atoms with E-state index in [1.807, 2.05) is 6.07 Å². The van der Waals surface area contributed by atoms with Gasteiger partial charge < -0.3 is 10.2 Å². The molecule has 0 aliphatic carbocycles. The Morgan fingerprint density at radius 3 is 2.54 bits per heavy atom. The molecule has 0 spiro atoms. The second-order valence-electron chi connectivity index (χ2n) is 6.13. The van der Waals surface area contributed by atoms with Crippen molar-refractivity contribution in [3.63, 3.8) is 0 Å². The molecule has 2 aromatic rings. The van der Waals surface area contributed by atoms with Gasteiger partial charge in [-0.15, -0.1) is 0 Å². The quantitative estimate of drug-likeness (QED) is 0.650. The number of benzene rings is 2. The van der Waals surface area contributed by atoms with Crippen molar-refractivity contribution in [1.29, 1.82) is 0 Å². The number of carbonyl (C=O) groups excluding carboxylic acids is 1. The van der Waals surface area contributed by atoms with Gasteiger partial charge in [0.2, 0.25) is 5.91 Å². The summed E-state index contributed by atoms with van der Waals surface area (Å²) in [6.45, 7) is 0. The van der Waals surface area contributed by atoms with Gasteiger partial charge in [0.05, 0.1) is 15.5 Å². The van der Waals surface area contributed by atoms with E-state index in [0.29, 0.717) is 18.5 Å². The Bertz CT molecular complexity index is 1020. The van der Waals surface area contributed by atoms with Crippen molar-refractivity contribution in [3.05, 3.63) is 52.1 Å². The summed E-state index contributed by atoms with van der Waals surface area (Å²) in [4.78, 5) is 23.5. The molecule has 136 valence electrons. The van der Waals surface area contributed by atoms with E-state index in [4.69, 9.17) is 0 Å². The monoisotopic (exact) mass is 375 g/mol. The van der Waals surface area contributed by atoms with E-state index in [0.717, 1.165) is 23.6 Å². The number of anilines is 3. The maximum Gasteiger partial charge on any atom is 0.270 e. The van der Waals surface area contributed by atoms with Crippen molar-refractivity contribution in [3.8, 4) is 0 Å². The molecule has 1 aliphatic rings. The van der Waals surface area contributed by atoms with Crippen LogP contribution in [0.3, 0.4) is 0 Å². The highest BCUT2D eigenvalue weighted by molar-refractivity contribution is 7.90. The average molecular weight is 375 g/mol. The molecule has 1 amide bonds. The number of nitro groups is 1. The smallest absolute Gasteiger partial charge is 0.270 e. The third-order valence-electron chi connectivity index (χ3n) is 4.28. The number of rotatable bonds is 4. The fraction of sp³-hybridized carbons (Fsp3) is 0.235. The van der Waals surface area contributed by atoms with Crippen molar-refractivity contribution < 1.29 is 18.1 Å². The molecule has 1 heterocycles. The van der Waals surface area contributed by atoms with Crippen molar-refractivity contribution in [2.75, 3.05) is 23.5 Å². The van der Waals surface area contributed by atoms with Gasteiger partial charge in [-0.3, -0.25) is 14.9 Å². The first-order valence-corrected chi connectivity index (χ1v) is 9.71. The first kappa shape index (κ1) is 17.9. The number of hydrogen-bond acceptors (Lipinski definition) is 6. The Balaban J connectivity index is 1.99. The third kappa shape index (κ3) is 3.38. The minimum Gasteiger partial charge on any atom is -0.354 e. The fourth-order valence-electron chi connectivity index (χ4n) is 2.92. The molecule has 0 fully saturated rings. The molecule has 26 heavy (non-hydrogen) atoms. The van der Waals surface area contributed by atoms with Crippen molar-refractivity contribution in [2.45, 2.75) is 17.7 Å². The molecule has 0 atom stereocenters. The molecular weight excluding hydrogens is 358 g/mol. The first-order chi connectivity index (χ1) is 12.2. The lowest BCUT2D eigenvalue weighted by Crippen LogP contribution is -2.31. The van der Waals surface area contributed by atoms with Gasteiger partial charge in [0.25, 0.3) is 5.69 Å². The molecule has 1 aliphatic heterocycles. The Hall–Kier alpha value is -2.94. The van der Waals surface area contributed by atoms with Gasteiger partial charge in [-0.25, -0.2) is 8.42 Å². The summed E-state index contributed by atoms with van der Waals surface area (Å²) < 4.78 is 24.0. The summed E-state index contributed by atoms with van der Waals surface area (Å²) in [5.41, 5.74) is 2.41. The normalized spacial score (nSPS) is 14.1. The Morgan fingerprint density at radius 1 is 1.15 bits per heavy atom. The largest absolute Gasteiger partial charge is 0.354 e. The third-order valence-corrected chi connectivity index (χ3v) is 5.41. The number of fused-ring (bicyclic) bond motifs is 1. The number of nitrogens with zero attached hydrogens (tertiary/aromatic N) is 2. The van der Waals surface area contributed by atoms with E-state index < -0.39 is 14.8 Å². The first-order valence-electron chi connectivity index (χ1n) is 7.82. The lowest BCUT2D eigenvalue weighted by molar-refractivity contribution is -0.385. The van der Waals surface area contributed by atoms with Crippen LogP contribution >= 0.6 is 0 Å². The van der Waals surface area contributed by atoms with E-state index in [1.165, 1.54) is 12.1 Å². The fourth-order valence-corrected chi connectivity index (χ4v) is 3.78. The van der Waals surface area contributed by atoms with Crippen LogP contribution in [0.4, 0.5) is 22.7 Å². The molecule has 0 aromatic heterocycles. The van der Waals surface area contributed by atoms with E-state index in [-0.39, 0.29) is 22.2 Å². The zero-order valence-electron chi connectivity index (χ0n) is 14.2. The molecule has 0 saturated heterocycles.